The van der Waals surface area contributed by atoms with Crippen molar-refractivity contribution in [3.8, 4) is 5.75 Å². The lowest BCUT2D eigenvalue weighted by atomic mass is 10.1. The lowest BCUT2D eigenvalue weighted by Gasteiger charge is -2.34. The van der Waals surface area contributed by atoms with Crippen molar-refractivity contribution in [2.75, 3.05) is 33.3 Å². The minimum Gasteiger partial charge on any atom is -0.497 e. The monoisotopic (exact) mass is 354 g/mol. The topological polar surface area (TPSA) is 75.6 Å². The van der Waals surface area contributed by atoms with Crippen LogP contribution in [0.3, 0.4) is 0 Å². The van der Waals surface area contributed by atoms with Crippen molar-refractivity contribution < 1.29 is 14.3 Å². The Labute approximate surface area is 152 Å². The number of piperazine rings is 1. The molecule has 0 unspecified atom stereocenters. The van der Waals surface area contributed by atoms with E-state index in [0.717, 1.165) is 17.0 Å². The first-order valence-corrected chi connectivity index (χ1v) is 8.55. The third-order valence-corrected chi connectivity index (χ3v) is 4.43. The number of rotatable bonds is 4. The van der Waals surface area contributed by atoms with Gasteiger partial charge < -0.3 is 14.5 Å². The first kappa shape index (κ1) is 17.8. The molecule has 2 amide bonds. The maximum absolute atomic E-state index is 12.5. The normalized spacial score (nSPS) is 14.2. The Hall–Kier alpha value is -2.96. The second-order valence-electron chi connectivity index (χ2n) is 6.24. The smallest absolute Gasteiger partial charge is 0.274 e. The molecule has 0 saturated carbocycles. The maximum Gasteiger partial charge on any atom is 0.274 e. The van der Waals surface area contributed by atoms with Crippen molar-refractivity contribution in [3.63, 3.8) is 0 Å². The highest BCUT2D eigenvalue weighted by molar-refractivity contribution is 5.92. The lowest BCUT2D eigenvalue weighted by molar-refractivity contribution is -0.131. The fourth-order valence-electron chi connectivity index (χ4n) is 2.85. The van der Waals surface area contributed by atoms with Gasteiger partial charge in [0.25, 0.3) is 5.91 Å². The second-order valence-corrected chi connectivity index (χ2v) is 6.24. The molecule has 1 aliphatic heterocycles. The van der Waals surface area contributed by atoms with Gasteiger partial charge in [0.15, 0.2) is 0 Å². The summed E-state index contributed by atoms with van der Waals surface area (Å²) in [5, 5.41) is 0. The van der Waals surface area contributed by atoms with Crippen LogP contribution in [0.15, 0.2) is 36.7 Å². The van der Waals surface area contributed by atoms with Crippen LogP contribution in [-0.4, -0.2) is 64.9 Å². The minimum absolute atomic E-state index is 0.0670. The number of methoxy groups -OCH3 is 1. The van der Waals surface area contributed by atoms with Gasteiger partial charge in [0.1, 0.15) is 11.4 Å². The van der Waals surface area contributed by atoms with Gasteiger partial charge in [-0.25, -0.2) is 4.98 Å². The summed E-state index contributed by atoms with van der Waals surface area (Å²) in [6.45, 7) is 3.89. The van der Waals surface area contributed by atoms with Crippen LogP contribution in [0.4, 0.5) is 0 Å². The van der Waals surface area contributed by atoms with Gasteiger partial charge in [-0.2, -0.15) is 0 Å². The van der Waals surface area contributed by atoms with Crippen molar-refractivity contribution in [2.45, 2.75) is 13.3 Å². The molecule has 0 radical (unpaired) electrons. The summed E-state index contributed by atoms with van der Waals surface area (Å²) in [4.78, 5) is 36.7. The molecule has 3 rings (SSSR count). The van der Waals surface area contributed by atoms with Crippen molar-refractivity contribution in [2.24, 2.45) is 0 Å². The maximum atomic E-state index is 12.5. The predicted molar refractivity (Wildman–Crippen MR) is 96.0 cm³/mol. The Morgan fingerprint density at radius 1 is 1.00 bits per heavy atom. The highest BCUT2D eigenvalue weighted by atomic mass is 16.5. The molecule has 1 aromatic heterocycles. The number of hydrogen-bond acceptors (Lipinski definition) is 5. The van der Waals surface area contributed by atoms with E-state index in [1.54, 1.807) is 23.1 Å². The summed E-state index contributed by atoms with van der Waals surface area (Å²) < 4.78 is 5.13. The first-order chi connectivity index (χ1) is 12.6. The standard InChI is InChI=1S/C19H22N4O3/c1-14-12-21-17(13-20-14)19(25)23-9-7-22(8-10-23)18(24)11-15-3-5-16(26-2)6-4-15/h3-6,12-13H,7-11H2,1-2H3. The van der Waals surface area contributed by atoms with Crippen LogP contribution in [-0.2, 0) is 11.2 Å². The number of hydrogen-bond donors (Lipinski definition) is 0. The summed E-state index contributed by atoms with van der Waals surface area (Å²) >= 11 is 0. The molecular formula is C19H22N4O3. The summed E-state index contributed by atoms with van der Waals surface area (Å²) in [5.74, 6) is 0.699. The number of ether oxygens (including phenoxy) is 1. The minimum atomic E-state index is -0.139. The molecule has 1 fully saturated rings. The van der Waals surface area contributed by atoms with Gasteiger partial charge in [-0.15, -0.1) is 0 Å². The highest BCUT2D eigenvalue weighted by Gasteiger charge is 2.25. The average molecular weight is 354 g/mol. The average Bonchev–Trinajstić information content (AvgIpc) is 2.69. The molecule has 0 bridgehead atoms. The molecule has 0 N–H and O–H groups in total. The molecule has 7 nitrogen and oxygen atoms in total. The molecule has 0 atom stereocenters. The van der Waals surface area contributed by atoms with Crippen LogP contribution in [0.1, 0.15) is 21.7 Å². The summed E-state index contributed by atoms with van der Waals surface area (Å²) in [5.41, 5.74) is 2.06. The number of amides is 2. The molecule has 136 valence electrons. The Morgan fingerprint density at radius 2 is 1.65 bits per heavy atom. The van der Waals surface area contributed by atoms with Crippen LogP contribution in [0.5, 0.6) is 5.75 Å². The van der Waals surface area contributed by atoms with Gasteiger partial charge in [0.05, 0.1) is 25.4 Å². The van der Waals surface area contributed by atoms with Crippen LogP contribution in [0, 0.1) is 6.92 Å². The molecule has 7 heteroatoms. The molecule has 26 heavy (non-hydrogen) atoms. The number of aryl methyl sites for hydroxylation is 1. The Kier molecular flexibility index (Phi) is 5.46. The summed E-state index contributed by atoms with van der Waals surface area (Å²) in [6.07, 6.45) is 3.43. The number of aromatic nitrogens is 2. The summed E-state index contributed by atoms with van der Waals surface area (Å²) in [6, 6.07) is 7.49. The van der Waals surface area contributed by atoms with E-state index in [1.807, 2.05) is 31.2 Å². The van der Waals surface area contributed by atoms with Crippen LogP contribution < -0.4 is 4.74 Å². The van der Waals surface area contributed by atoms with E-state index in [-0.39, 0.29) is 11.8 Å². The van der Waals surface area contributed by atoms with Crippen molar-refractivity contribution in [1.82, 2.24) is 19.8 Å². The van der Waals surface area contributed by atoms with Gasteiger partial charge in [-0.1, -0.05) is 12.1 Å². The predicted octanol–water partition coefficient (Wildman–Crippen LogP) is 1.32. The molecule has 1 aliphatic rings. The van der Waals surface area contributed by atoms with Crippen LogP contribution >= 0.6 is 0 Å². The highest BCUT2D eigenvalue weighted by Crippen LogP contribution is 2.13. The largest absolute Gasteiger partial charge is 0.497 e. The van der Waals surface area contributed by atoms with Crippen LogP contribution in [0.25, 0.3) is 0 Å². The number of benzene rings is 1. The molecule has 2 heterocycles. The molecule has 1 aromatic carbocycles. The fraction of sp³-hybridized carbons (Fsp3) is 0.368. The molecule has 0 aliphatic carbocycles. The second kappa shape index (κ2) is 7.95. The fourth-order valence-corrected chi connectivity index (χ4v) is 2.85. The van der Waals surface area contributed by atoms with E-state index in [9.17, 15) is 9.59 Å². The lowest BCUT2D eigenvalue weighted by Crippen LogP contribution is -2.51. The molecule has 2 aromatic rings. The molecule has 1 saturated heterocycles. The molecule has 0 spiro atoms. The third kappa shape index (κ3) is 4.17. The van der Waals surface area contributed by atoms with Gasteiger partial charge >= 0.3 is 0 Å². The zero-order valence-electron chi connectivity index (χ0n) is 15.0. The van der Waals surface area contributed by atoms with E-state index in [1.165, 1.54) is 6.20 Å². The van der Waals surface area contributed by atoms with Crippen molar-refractivity contribution in [1.29, 1.82) is 0 Å². The number of carbonyl (C=O) groups excluding carboxylic acids is 2. The Balaban J connectivity index is 1.53. The van der Waals surface area contributed by atoms with Gasteiger partial charge in [0, 0.05) is 32.4 Å². The zero-order chi connectivity index (χ0) is 18.5. The Morgan fingerprint density at radius 3 is 2.23 bits per heavy atom. The number of nitrogens with zero attached hydrogens (tertiary/aromatic N) is 4. The Bertz CT molecular complexity index is 766. The van der Waals surface area contributed by atoms with Crippen LogP contribution in [0.2, 0.25) is 0 Å². The quantitative estimate of drug-likeness (QED) is 0.828. The third-order valence-electron chi connectivity index (χ3n) is 4.43. The van der Waals surface area contributed by atoms with Gasteiger partial charge in [-0.05, 0) is 24.6 Å². The van der Waals surface area contributed by atoms with Gasteiger partial charge in [-0.3, -0.25) is 14.6 Å². The van der Waals surface area contributed by atoms with E-state index in [4.69, 9.17) is 4.74 Å². The summed E-state index contributed by atoms with van der Waals surface area (Å²) in [7, 11) is 1.61. The zero-order valence-corrected chi connectivity index (χ0v) is 15.0. The molecular weight excluding hydrogens is 332 g/mol. The van der Waals surface area contributed by atoms with Gasteiger partial charge in [0.2, 0.25) is 5.91 Å². The first-order valence-electron chi connectivity index (χ1n) is 8.55. The number of carbonyl (C=O) groups is 2. The van der Waals surface area contributed by atoms with E-state index >= 15 is 0 Å². The van der Waals surface area contributed by atoms with E-state index in [0.29, 0.717) is 38.3 Å². The SMILES string of the molecule is COc1ccc(CC(=O)N2CCN(C(=O)c3cnc(C)cn3)CC2)cc1. The van der Waals surface area contributed by atoms with E-state index < -0.39 is 0 Å². The van der Waals surface area contributed by atoms with Crippen molar-refractivity contribution >= 4 is 11.8 Å². The van der Waals surface area contributed by atoms with Crippen molar-refractivity contribution in [3.05, 3.63) is 53.6 Å². The van der Waals surface area contributed by atoms with E-state index in [2.05, 4.69) is 9.97 Å².